The average molecular weight is 533 g/mol. The van der Waals surface area contributed by atoms with E-state index in [-0.39, 0.29) is 25.5 Å². The average Bonchev–Trinajstić information content (AvgIpc) is 3.00. The number of aromatic nitrogens is 1. The zero-order chi connectivity index (χ0) is 27.6. The van der Waals surface area contributed by atoms with Gasteiger partial charge in [-0.25, -0.2) is 0 Å². The molecule has 0 saturated carbocycles. The van der Waals surface area contributed by atoms with Crippen molar-refractivity contribution in [3.05, 3.63) is 138 Å². The third-order valence-corrected chi connectivity index (χ3v) is 6.15. The molecule has 5 rings (SSSR count). The maximum absolute atomic E-state index is 13.2. The van der Waals surface area contributed by atoms with Crippen molar-refractivity contribution in [2.24, 2.45) is 0 Å². The van der Waals surface area contributed by atoms with Crippen molar-refractivity contribution in [2.45, 2.75) is 19.8 Å². The zero-order valence-electron chi connectivity index (χ0n) is 21.8. The summed E-state index contributed by atoms with van der Waals surface area (Å²) in [7, 11) is 0. The van der Waals surface area contributed by atoms with Crippen molar-refractivity contribution in [3.8, 4) is 11.5 Å². The summed E-state index contributed by atoms with van der Waals surface area (Å²) in [5.41, 5.74) is 2.69. The van der Waals surface area contributed by atoms with Crippen molar-refractivity contribution in [3.63, 3.8) is 0 Å². The first kappa shape index (κ1) is 26.6. The second kappa shape index (κ2) is 13.2. The van der Waals surface area contributed by atoms with Crippen LogP contribution in [0.25, 0.3) is 10.8 Å². The van der Waals surface area contributed by atoms with Crippen LogP contribution in [0.3, 0.4) is 0 Å². The molecule has 0 unspecified atom stereocenters. The molecule has 5 aromatic rings. The maximum atomic E-state index is 13.2. The monoisotopic (exact) mass is 532 g/mol. The predicted molar refractivity (Wildman–Crippen MR) is 152 cm³/mol. The quantitative estimate of drug-likeness (QED) is 0.203. The van der Waals surface area contributed by atoms with Crippen LogP contribution < -0.4 is 10.1 Å². The maximum Gasteiger partial charge on any atom is 0.325 e. The van der Waals surface area contributed by atoms with Gasteiger partial charge in [0.1, 0.15) is 30.3 Å². The molecule has 0 aliphatic rings. The highest BCUT2D eigenvalue weighted by Crippen LogP contribution is 2.29. The molecule has 0 atom stereocenters. The molecule has 40 heavy (non-hydrogen) atoms. The highest BCUT2D eigenvalue weighted by molar-refractivity contribution is 6.00. The Balaban J connectivity index is 1.32. The number of carbonyl (C=O) groups is 2. The van der Waals surface area contributed by atoms with Crippen LogP contribution in [-0.2, 0) is 34.1 Å². The lowest BCUT2D eigenvalue weighted by atomic mass is 10.0. The number of pyridine rings is 1. The molecule has 0 spiro atoms. The van der Waals surface area contributed by atoms with E-state index in [9.17, 15) is 9.59 Å². The van der Waals surface area contributed by atoms with Gasteiger partial charge < -0.3 is 19.5 Å². The largest absolute Gasteiger partial charge is 0.460 e. The van der Waals surface area contributed by atoms with Crippen LogP contribution >= 0.6 is 0 Å². The van der Waals surface area contributed by atoms with Crippen LogP contribution in [0, 0.1) is 0 Å². The van der Waals surface area contributed by atoms with E-state index in [4.69, 9.17) is 14.2 Å². The Hall–Kier alpha value is -5.01. The Morgan fingerprint density at radius 2 is 1.35 bits per heavy atom. The van der Waals surface area contributed by atoms with Crippen molar-refractivity contribution < 1.29 is 23.8 Å². The first-order valence-corrected chi connectivity index (χ1v) is 12.9. The van der Waals surface area contributed by atoms with Gasteiger partial charge in [0, 0.05) is 17.1 Å². The van der Waals surface area contributed by atoms with E-state index >= 15 is 0 Å². The van der Waals surface area contributed by atoms with Gasteiger partial charge in [-0.1, -0.05) is 84.9 Å². The standard InChI is InChI=1S/C33H28N2O5/c36-31(39-22-25-12-6-2-7-13-25)20-35-33(37)32-30(23-38-21-24-10-4-1-5-11-24)29-17-16-28(18-26(29)19-34-32)40-27-14-8-3-9-15-27/h1-19H,20-23H2,(H,35,37). The molecule has 0 saturated heterocycles. The Labute approximate surface area is 232 Å². The number of fused-ring (bicyclic) bond motifs is 1. The third-order valence-electron chi connectivity index (χ3n) is 6.15. The Bertz CT molecular complexity index is 1570. The molecule has 0 aliphatic carbocycles. The van der Waals surface area contributed by atoms with Crippen molar-refractivity contribution in [1.82, 2.24) is 10.3 Å². The van der Waals surface area contributed by atoms with Crippen molar-refractivity contribution in [1.29, 1.82) is 0 Å². The van der Waals surface area contributed by atoms with Crippen LogP contribution in [0.5, 0.6) is 11.5 Å². The van der Waals surface area contributed by atoms with Gasteiger partial charge in [-0.15, -0.1) is 0 Å². The van der Waals surface area contributed by atoms with Gasteiger partial charge >= 0.3 is 5.97 Å². The third kappa shape index (κ3) is 7.09. The molecule has 0 fully saturated rings. The Kier molecular flexibility index (Phi) is 8.76. The summed E-state index contributed by atoms with van der Waals surface area (Å²) < 4.78 is 17.3. The number of ether oxygens (including phenoxy) is 3. The van der Waals surface area contributed by atoms with Gasteiger partial charge in [-0.2, -0.15) is 0 Å². The molecule has 0 radical (unpaired) electrons. The lowest BCUT2D eigenvalue weighted by Gasteiger charge is -2.14. The molecule has 4 aromatic carbocycles. The lowest BCUT2D eigenvalue weighted by Crippen LogP contribution is -2.32. The number of benzene rings is 4. The second-order valence-electron chi connectivity index (χ2n) is 9.06. The molecule has 7 heteroatoms. The molecule has 1 amide bonds. The number of nitrogens with one attached hydrogen (secondary N) is 1. The highest BCUT2D eigenvalue weighted by Gasteiger charge is 2.18. The summed E-state index contributed by atoms with van der Waals surface area (Å²) in [6.45, 7) is 0.383. The van der Waals surface area contributed by atoms with Gasteiger partial charge in [0.05, 0.1) is 13.2 Å². The van der Waals surface area contributed by atoms with E-state index in [0.717, 1.165) is 27.6 Å². The lowest BCUT2D eigenvalue weighted by molar-refractivity contribution is -0.143. The number of para-hydroxylation sites is 1. The van der Waals surface area contributed by atoms with E-state index in [1.165, 1.54) is 0 Å². The fourth-order valence-corrected chi connectivity index (χ4v) is 4.16. The summed E-state index contributed by atoms with van der Waals surface area (Å²) in [5.74, 6) is 0.343. The highest BCUT2D eigenvalue weighted by atomic mass is 16.5. The Morgan fingerprint density at radius 1 is 0.700 bits per heavy atom. The molecule has 1 heterocycles. The number of hydrogen-bond acceptors (Lipinski definition) is 6. The first-order chi connectivity index (χ1) is 19.7. The fraction of sp³-hybridized carbons (Fsp3) is 0.121. The Morgan fingerprint density at radius 3 is 2.05 bits per heavy atom. The van der Waals surface area contributed by atoms with E-state index < -0.39 is 11.9 Å². The van der Waals surface area contributed by atoms with Gasteiger partial charge in [-0.05, 0) is 40.8 Å². The normalized spacial score (nSPS) is 10.7. The summed E-state index contributed by atoms with van der Waals surface area (Å²) in [4.78, 5) is 29.9. The topological polar surface area (TPSA) is 86.8 Å². The number of hydrogen-bond donors (Lipinski definition) is 1. The van der Waals surface area contributed by atoms with Gasteiger partial charge in [0.15, 0.2) is 0 Å². The number of carbonyl (C=O) groups excluding carboxylic acids is 2. The van der Waals surface area contributed by atoms with Crippen molar-refractivity contribution >= 4 is 22.6 Å². The predicted octanol–water partition coefficient (Wildman–Crippen LogP) is 6.22. The second-order valence-corrected chi connectivity index (χ2v) is 9.06. The molecule has 1 N–H and O–H groups in total. The van der Waals surface area contributed by atoms with Gasteiger partial charge in [0.2, 0.25) is 0 Å². The summed E-state index contributed by atoms with van der Waals surface area (Å²) in [6, 6.07) is 34.2. The summed E-state index contributed by atoms with van der Waals surface area (Å²) in [5, 5.41) is 4.24. The minimum Gasteiger partial charge on any atom is -0.460 e. The van der Waals surface area contributed by atoms with Crippen LogP contribution in [0.1, 0.15) is 27.2 Å². The van der Waals surface area contributed by atoms with E-state index in [0.29, 0.717) is 17.9 Å². The SMILES string of the molecule is O=C(CNC(=O)c1ncc2cc(Oc3ccccc3)ccc2c1COCc1ccccc1)OCc1ccccc1. The van der Waals surface area contributed by atoms with E-state index in [1.54, 1.807) is 6.20 Å². The molecule has 0 aliphatic heterocycles. The van der Waals surface area contributed by atoms with Crippen molar-refractivity contribution in [2.75, 3.05) is 6.54 Å². The molecule has 0 bridgehead atoms. The zero-order valence-corrected chi connectivity index (χ0v) is 21.8. The minimum atomic E-state index is -0.539. The molecule has 7 nitrogen and oxygen atoms in total. The van der Waals surface area contributed by atoms with Gasteiger partial charge in [0.25, 0.3) is 5.91 Å². The van der Waals surface area contributed by atoms with E-state index in [1.807, 2.05) is 109 Å². The minimum absolute atomic E-state index is 0.135. The first-order valence-electron chi connectivity index (χ1n) is 12.9. The number of rotatable bonds is 11. The summed E-state index contributed by atoms with van der Waals surface area (Å²) >= 11 is 0. The van der Waals surface area contributed by atoms with E-state index in [2.05, 4.69) is 10.3 Å². The molecular weight excluding hydrogens is 504 g/mol. The molecule has 200 valence electrons. The van der Waals surface area contributed by atoms with Crippen LogP contribution in [0.4, 0.5) is 0 Å². The van der Waals surface area contributed by atoms with Crippen LogP contribution in [0.15, 0.2) is 115 Å². The smallest absolute Gasteiger partial charge is 0.325 e. The van der Waals surface area contributed by atoms with Gasteiger partial charge in [-0.3, -0.25) is 14.6 Å². The van der Waals surface area contributed by atoms with Crippen LogP contribution in [-0.4, -0.2) is 23.4 Å². The number of nitrogens with zero attached hydrogens (tertiary/aromatic N) is 1. The number of amides is 1. The molecule has 1 aromatic heterocycles. The fourth-order valence-electron chi connectivity index (χ4n) is 4.16. The summed E-state index contributed by atoms with van der Waals surface area (Å²) in [6.07, 6.45) is 1.62. The van der Waals surface area contributed by atoms with Crippen LogP contribution in [0.2, 0.25) is 0 Å². The molecular formula is C33H28N2O5. The number of esters is 1.